The van der Waals surface area contributed by atoms with Gasteiger partial charge in [-0.05, 0) is 119 Å². The molecule has 0 spiro atoms. The average molecular weight is 1450 g/mol. The van der Waals surface area contributed by atoms with Gasteiger partial charge in [-0.1, -0.05) is 398 Å². The Morgan fingerprint density at radius 2 is 0.409 bits per heavy atom. The van der Waals surface area contributed by atoms with Crippen molar-refractivity contribution in [3.8, 4) is 0 Å². The van der Waals surface area contributed by atoms with Crippen LogP contribution < -0.4 is 0 Å². The zero-order valence-corrected chi connectivity index (χ0v) is 67.2. The minimum atomic E-state index is -4.48. The molecule has 0 aromatic heterocycles. The molecule has 0 aliphatic heterocycles. The van der Waals surface area contributed by atoms with Crippen molar-refractivity contribution in [3.63, 3.8) is 0 Å². The summed E-state index contributed by atoms with van der Waals surface area (Å²) in [5.74, 6) is 0. The van der Waals surface area contributed by atoms with E-state index in [1.807, 2.05) is 24.3 Å². The molecule has 0 saturated heterocycles. The number of unbranched alkanes of at least 4 members (excludes halogenated alkanes) is 52. The second-order valence-electron chi connectivity index (χ2n) is 28.5. The molecule has 4 aromatic carbocycles. The van der Waals surface area contributed by atoms with E-state index in [1.54, 1.807) is 24.3 Å². The summed E-state index contributed by atoms with van der Waals surface area (Å²) >= 11 is 0. The molecule has 93 heavy (non-hydrogen) atoms. The van der Waals surface area contributed by atoms with Gasteiger partial charge in [-0.3, -0.25) is 0 Å². The van der Waals surface area contributed by atoms with E-state index >= 15 is 0 Å². The van der Waals surface area contributed by atoms with E-state index in [9.17, 15) is 25.9 Å². The van der Waals surface area contributed by atoms with Crippen LogP contribution in [0.3, 0.4) is 0 Å². The molecule has 4 aromatic rings. The van der Waals surface area contributed by atoms with E-state index in [2.05, 4.69) is 39.8 Å². The van der Waals surface area contributed by atoms with E-state index in [-0.39, 0.29) is 58.7 Å². The molecule has 6 nitrogen and oxygen atoms in total. The molecule has 0 bridgehead atoms. The smallest absolute Gasteiger partial charge is 0.744 e. The topological polar surface area (TPSA) is 114 Å². The Labute approximate surface area is 616 Å². The average Bonchev–Trinajstić information content (AvgIpc) is 0.840. The van der Waals surface area contributed by atoms with Gasteiger partial charge in [0.05, 0.1) is 9.79 Å². The van der Waals surface area contributed by atoms with Crippen molar-refractivity contribution in [2.45, 2.75) is 423 Å². The van der Waals surface area contributed by atoms with E-state index in [4.69, 9.17) is 0 Å². The fraction of sp³-hybridized carbons (Fsp3) is 0.762. The van der Waals surface area contributed by atoms with Gasteiger partial charge >= 0.3 is 48.9 Å². The Kier molecular flexibility index (Phi) is 56.4. The van der Waals surface area contributed by atoms with Gasteiger partial charge in [-0.2, -0.15) is 0 Å². The Balaban J connectivity index is 0.000000627. The van der Waals surface area contributed by atoms with Crippen LogP contribution in [0.25, 0.3) is 21.5 Å². The predicted molar refractivity (Wildman–Crippen MR) is 406 cm³/mol. The van der Waals surface area contributed by atoms with Gasteiger partial charge in [-0.25, -0.2) is 16.8 Å². The number of fused-ring (bicyclic) bond motifs is 2. The molecule has 528 valence electrons. The Bertz CT molecular complexity index is 2430. The van der Waals surface area contributed by atoms with Crippen LogP contribution in [0.15, 0.2) is 70.5 Å². The number of benzene rings is 4. The van der Waals surface area contributed by atoms with Crippen molar-refractivity contribution in [3.05, 3.63) is 82.9 Å². The molecular formula is C84H142BaO6S2. The van der Waals surface area contributed by atoms with Gasteiger partial charge in [0.1, 0.15) is 20.2 Å². The van der Waals surface area contributed by atoms with Crippen LogP contribution in [0.5, 0.6) is 0 Å². The molecule has 0 unspecified atom stereocenters. The van der Waals surface area contributed by atoms with Crippen molar-refractivity contribution in [1.29, 1.82) is 0 Å². The molecule has 0 N–H and O–H groups in total. The fourth-order valence-corrected chi connectivity index (χ4v) is 15.4. The summed E-state index contributed by atoms with van der Waals surface area (Å²) in [4.78, 5) is -0.150. The molecule has 0 fully saturated rings. The largest absolute Gasteiger partial charge is 2.00 e. The van der Waals surface area contributed by atoms with Crippen LogP contribution in [0.1, 0.15) is 410 Å². The third-order valence-corrected chi connectivity index (χ3v) is 21.6. The van der Waals surface area contributed by atoms with E-state index in [0.717, 1.165) is 86.1 Å². The van der Waals surface area contributed by atoms with Crippen molar-refractivity contribution >= 4 is 90.7 Å². The summed E-state index contributed by atoms with van der Waals surface area (Å²) < 4.78 is 71.9. The van der Waals surface area contributed by atoms with Crippen LogP contribution in [-0.2, 0) is 45.9 Å². The maximum absolute atomic E-state index is 12.0. The van der Waals surface area contributed by atoms with Gasteiger partial charge in [0.15, 0.2) is 0 Å². The van der Waals surface area contributed by atoms with Gasteiger partial charge in [0.25, 0.3) is 0 Å². The molecule has 0 heterocycles. The van der Waals surface area contributed by atoms with Crippen molar-refractivity contribution in [2.75, 3.05) is 0 Å². The first-order valence-electron chi connectivity index (χ1n) is 39.9. The quantitative estimate of drug-likeness (QED) is 0.0247. The molecule has 0 atom stereocenters. The summed E-state index contributed by atoms with van der Waals surface area (Å²) in [5.41, 5.74) is 4.72. The third kappa shape index (κ3) is 44.5. The number of hydrogen-bond donors (Lipinski definition) is 0. The van der Waals surface area contributed by atoms with Crippen LogP contribution in [-0.4, -0.2) is 74.8 Å². The second kappa shape index (κ2) is 59.6. The minimum Gasteiger partial charge on any atom is -0.744 e. The number of rotatable bonds is 62. The Hall–Kier alpha value is -1.21. The maximum atomic E-state index is 12.0. The van der Waals surface area contributed by atoms with E-state index in [1.165, 1.54) is 343 Å². The molecule has 0 radical (unpaired) electrons. The summed E-state index contributed by atoms with van der Waals surface area (Å²) in [5, 5.41) is 4.19. The molecule has 9 heteroatoms. The van der Waals surface area contributed by atoms with Gasteiger partial charge in [0.2, 0.25) is 0 Å². The van der Waals surface area contributed by atoms with E-state index < -0.39 is 20.2 Å². The molecule has 0 saturated carbocycles. The zero-order valence-electron chi connectivity index (χ0n) is 61.2. The van der Waals surface area contributed by atoms with E-state index in [0.29, 0.717) is 0 Å². The van der Waals surface area contributed by atoms with Gasteiger partial charge in [0, 0.05) is 0 Å². The van der Waals surface area contributed by atoms with Gasteiger partial charge in [-0.15, -0.1) is 0 Å². The molecule has 0 amide bonds. The summed E-state index contributed by atoms with van der Waals surface area (Å²) in [6.45, 7) is 9.12. The summed E-state index contributed by atoms with van der Waals surface area (Å²) in [7, 11) is -8.96. The van der Waals surface area contributed by atoms with Gasteiger partial charge < -0.3 is 9.11 Å². The maximum Gasteiger partial charge on any atom is 2.00 e. The first kappa shape index (κ1) is 87.9. The third-order valence-electron chi connectivity index (χ3n) is 20.0. The van der Waals surface area contributed by atoms with Crippen molar-refractivity contribution in [2.24, 2.45) is 0 Å². The fourth-order valence-electron chi connectivity index (χ4n) is 14.3. The van der Waals surface area contributed by atoms with Crippen LogP contribution in [0.4, 0.5) is 0 Å². The van der Waals surface area contributed by atoms with Crippen molar-refractivity contribution in [1.82, 2.24) is 0 Å². The summed E-state index contributed by atoms with van der Waals surface area (Å²) in [6.07, 6.45) is 78.7. The molecular weight excluding hydrogens is 1310 g/mol. The van der Waals surface area contributed by atoms with Crippen molar-refractivity contribution < 1.29 is 25.9 Å². The minimum absolute atomic E-state index is 0. The number of hydrogen-bond acceptors (Lipinski definition) is 6. The molecule has 0 aliphatic rings. The zero-order chi connectivity index (χ0) is 66.3. The van der Waals surface area contributed by atoms with Crippen LogP contribution >= 0.6 is 0 Å². The SMILES string of the molecule is CCCCCCCCCCCCCCCCc1cccc2cc(S(=O)(=O)[O-])cc(CCCCCCCCCCCCCCCC)c12.CCCCCCCCCCCCCCCCc1cccc2cc(S(=O)(=O)[O-])cc(CCCCCCCCCCCCCCCC)c12.[Ba+2]. The standard InChI is InChI=1S/2C42H72O3S.Ba/c2*1-3-5-7-9-11-13-15-17-19-21-23-25-27-29-32-38-34-31-35-40-37-41(46(43,44)45)36-39(42(38)40)33-30-28-26-24-22-20-18-16-14-12-10-8-6-4-2;/h2*31,34-37H,3-30,32-33H2,1-2H3,(H,43,44,45);/q;;+2/p-2. The molecule has 4 rings (SSSR count). The first-order valence-corrected chi connectivity index (χ1v) is 42.8. The predicted octanol–water partition coefficient (Wildman–Crippen LogP) is 27.2. The van der Waals surface area contributed by atoms with Crippen LogP contribution in [0, 0.1) is 0 Å². The second-order valence-corrected chi connectivity index (χ2v) is 31.2. The Morgan fingerprint density at radius 3 is 0.591 bits per heavy atom. The monoisotopic (exact) mass is 1450 g/mol. The Morgan fingerprint density at radius 1 is 0.237 bits per heavy atom. The normalized spacial score (nSPS) is 11.8. The van der Waals surface area contributed by atoms with Crippen LogP contribution in [0.2, 0.25) is 0 Å². The number of aryl methyl sites for hydroxylation is 4. The summed E-state index contributed by atoms with van der Waals surface area (Å²) in [6, 6.07) is 19.0. The first-order chi connectivity index (χ1) is 44.9. The molecule has 0 aliphatic carbocycles.